The lowest BCUT2D eigenvalue weighted by atomic mass is 10.3. The Morgan fingerprint density at radius 3 is 2.71 bits per heavy atom. The molecular weight excluding hydrogens is 244 g/mol. The van der Waals surface area contributed by atoms with Gasteiger partial charge in [0.1, 0.15) is 6.54 Å². The predicted molar refractivity (Wildman–Crippen MR) is 61.7 cm³/mol. The molecule has 0 bridgehead atoms. The van der Waals surface area contributed by atoms with Crippen molar-refractivity contribution in [2.45, 2.75) is 13.5 Å². The van der Waals surface area contributed by atoms with Crippen molar-refractivity contribution in [1.82, 2.24) is 9.29 Å². The average Bonchev–Trinajstić information content (AvgIpc) is 2.29. The minimum absolute atomic E-state index is 0.0241. The molecule has 0 fully saturated rings. The lowest BCUT2D eigenvalue weighted by Crippen LogP contribution is -2.36. The summed E-state index contributed by atoms with van der Waals surface area (Å²) in [6.45, 7) is 0.967. The van der Waals surface area contributed by atoms with Crippen LogP contribution in [0, 0.1) is 0 Å². The molecule has 0 radical (unpaired) electrons. The second kappa shape index (κ2) is 5.74. The monoisotopic (exact) mass is 258 g/mol. The maximum absolute atomic E-state index is 11.7. The quantitative estimate of drug-likeness (QED) is 0.793. The van der Waals surface area contributed by atoms with Crippen molar-refractivity contribution in [3.63, 3.8) is 0 Å². The van der Waals surface area contributed by atoms with Gasteiger partial charge in [-0.25, -0.2) is 8.42 Å². The first-order chi connectivity index (χ1) is 7.95. The first-order valence-corrected chi connectivity index (χ1v) is 6.65. The lowest BCUT2D eigenvalue weighted by Gasteiger charge is -2.19. The average molecular weight is 258 g/mol. The van der Waals surface area contributed by atoms with Crippen LogP contribution < -0.4 is 0 Å². The largest absolute Gasteiger partial charge is 0.480 e. The summed E-state index contributed by atoms with van der Waals surface area (Å²) in [4.78, 5) is 14.5. The van der Waals surface area contributed by atoms with Gasteiger partial charge in [0, 0.05) is 18.9 Å². The SMILES string of the molecule is CCS(=O)(=O)N(CC(=O)O)Cc1cccnc1. The fourth-order valence-corrected chi connectivity index (χ4v) is 2.30. The van der Waals surface area contributed by atoms with Crippen molar-refractivity contribution in [2.75, 3.05) is 12.3 Å². The Labute approximate surface area is 100.0 Å². The third-order valence-corrected chi connectivity index (χ3v) is 3.93. The summed E-state index contributed by atoms with van der Waals surface area (Å²) in [6.07, 6.45) is 3.08. The number of carboxylic acids is 1. The van der Waals surface area contributed by atoms with Gasteiger partial charge in [-0.3, -0.25) is 9.78 Å². The Balaban J connectivity index is 2.89. The van der Waals surface area contributed by atoms with Gasteiger partial charge in [-0.2, -0.15) is 4.31 Å². The topological polar surface area (TPSA) is 87.6 Å². The van der Waals surface area contributed by atoms with Gasteiger partial charge in [0.2, 0.25) is 10.0 Å². The number of aliphatic carboxylic acids is 1. The van der Waals surface area contributed by atoms with Crippen LogP contribution in [0.1, 0.15) is 12.5 Å². The van der Waals surface area contributed by atoms with Gasteiger partial charge in [0.05, 0.1) is 5.75 Å². The highest BCUT2D eigenvalue weighted by atomic mass is 32.2. The van der Waals surface area contributed by atoms with Crippen molar-refractivity contribution in [1.29, 1.82) is 0 Å². The molecule has 0 saturated heterocycles. The summed E-state index contributed by atoms with van der Waals surface area (Å²) in [5.74, 6) is -1.30. The summed E-state index contributed by atoms with van der Waals surface area (Å²) >= 11 is 0. The predicted octanol–water partition coefficient (Wildman–Crippen LogP) is 0.318. The van der Waals surface area contributed by atoms with E-state index in [1.165, 1.54) is 13.1 Å². The molecule has 0 aromatic carbocycles. The van der Waals surface area contributed by atoms with Gasteiger partial charge in [-0.15, -0.1) is 0 Å². The van der Waals surface area contributed by atoms with Gasteiger partial charge >= 0.3 is 5.97 Å². The van der Waals surface area contributed by atoms with E-state index >= 15 is 0 Å². The van der Waals surface area contributed by atoms with Crippen LogP contribution in [0.5, 0.6) is 0 Å². The normalized spacial score (nSPS) is 11.6. The number of hydrogen-bond acceptors (Lipinski definition) is 4. The van der Waals surface area contributed by atoms with E-state index in [2.05, 4.69) is 4.98 Å². The molecule has 1 rings (SSSR count). The molecule has 1 heterocycles. The molecule has 0 aliphatic rings. The number of rotatable bonds is 6. The molecule has 6 nitrogen and oxygen atoms in total. The Kier molecular flexibility index (Phi) is 4.59. The number of carboxylic acid groups (broad SMARTS) is 1. The molecular formula is C10H14N2O4S. The standard InChI is InChI=1S/C10H14N2O4S/c1-2-17(15,16)12(8-10(13)14)7-9-4-3-5-11-6-9/h3-6H,2,7-8H2,1H3,(H,13,14). The second-order valence-corrected chi connectivity index (χ2v) is 5.68. The third kappa shape index (κ3) is 4.12. The van der Waals surface area contributed by atoms with E-state index in [9.17, 15) is 13.2 Å². The van der Waals surface area contributed by atoms with Crippen LogP contribution in [0.2, 0.25) is 0 Å². The number of sulfonamides is 1. The van der Waals surface area contributed by atoms with Crippen molar-refractivity contribution in [3.8, 4) is 0 Å². The van der Waals surface area contributed by atoms with Crippen molar-refractivity contribution < 1.29 is 18.3 Å². The second-order valence-electron chi connectivity index (χ2n) is 3.42. The molecule has 17 heavy (non-hydrogen) atoms. The van der Waals surface area contributed by atoms with Crippen molar-refractivity contribution in [3.05, 3.63) is 30.1 Å². The fraction of sp³-hybridized carbons (Fsp3) is 0.400. The Hall–Kier alpha value is -1.47. The molecule has 0 unspecified atom stereocenters. The van der Waals surface area contributed by atoms with Gasteiger partial charge in [-0.05, 0) is 18.6 Å². The van der Waals surface area contributed by atoms with Crippen LogP contribution >= 0.6 is 0 Å². The number of nitrogens with zero attached hydrogens (tertiary/aromatic N) is 2. The third-order valence-electron chi connectivity index (χ3n) is 2.15. The smallest absolute Gasteiger partial charge is 0.318 e. The molecule has 0 atom stereocenters. The number of aromatic nitrogens is 1. The molecule has 0 aliphatic carbocycles. The maximum atomic E-state index is 11.7. The van der Waals surface area contributed by atoms with E-state index in [4.69, 9.17) is 5.11 Å². The number of hydrogen-bond donors (Lipinski definition) is 1. The summed E-state index contributed by atoms with van der Waals surface area (Å²) in [5.41, 5.74) is 0.658. The first kappa shape index (κ1) is 13.6. The van der Waals surface area contributed by atoms with Crippen LogP contribution in [0.3, 0.4) is 0 Å². The molecule has 0 amide bonds. The van der Waals surface area contributed by atoms with Crippen molar-refractivity contribution in [2.24, 2.45) is 0 Å². The summed E-state index contributed by atoms with van der Waals surface area (Å²) in [7, 11) is -3.53. The molecule has 0 spiro atoms. The Morgan fingerprint density at radius 2 is 2.24 bits per heavy atom. The fourth-order valence-electron chi connectivity index (χ4n) is 1.28. The van der Waals surface area contributed by atoms with Gasteiger partial charge in [0.15, 0.2) is 0 Å². The van der Waals surface area contributed by atoms with Gasteiger partial charge < -0.3 is 5.11 Å². The maximum Gasteiger partial charge on any atom is 0.318 e. The Morgan fingerprint density at radius 1 is 1.53 bits per heavy atom. The Bertz CT molecular complexity index is 472. The van der Waals surface area contributed by atoms with Crippen LogP contribution in [0.25, 0.3) is 0 Å². The van der Waals surface area contributed by atoms with E-state index < -0.39 is 22.5 Å². The highest BCUT2D eigenvalue weighted by Crippen LogP contribution is 2.08. The van der Waals surface area contributed by atoms with E-state index in [-0.39, 0.29) is 12.3 Å². The van der Waals surface area contributed by atoms with Gasteiger partial charge in [0.25, 0.3) is 0 Å². The molecule has 0 aliphatic heterocycles. The molecule has 1 aromatic heterocycles. The highest BCUT2D eigenvalue weighted by Gasteiger charge is 2.22. The van der Waals surface area contributed by atoms with Gasteiger partial charge in [-0.1, -0.05) is 6.07 Å². The molecule has 94 valence electrons. The zero-order valence-electron chi connectivity index (χ0n) is 9.41. The van der Waals surface area contributed by atoms with Crippen LogP contribution in [-0.2, 0) is 21.4 Å². The highest BCUT2D eigenvalue weighted by molar-refractivity contribution is 7.89. The van der Waals surface area contributed by atoms with Crippen LogP contribution in [0.4, 0.5) is 0 Å². The van der Waals surface area contributed by atoms with Crippen molar-refractivity contribution >= 4 is 16.0 Å². The molecule has 1 N–H and O–H groups in total. The molecule has 0 saturated carbocycles. The molecule has 7 heteroatoms. The van der Waals surface area contributed by atoms with Crippen LogP contribution in [-0.4, -0.2) is 41.1 Å². The number of pyridine rings is 1. The summed E-state index contributed by atoms with van der Waals surface area (Å²) < 4.78 is 24.3. The van der Waals surface area contributed by atoms with Crippen LogP contribution in [0.15, 0.2) is 24.5 Å². The minimum Gasteiger partial charge on any atom is -0.480 e. The number of carbonyl (C=O) groups is 1. The van der Waals surface area contributed by atoms with E-state index in [0.29, 0.717) is 5.56 Å². The summed E-state index contributed by atoms with van der Waals surface area (Å²) in [6, 6.07) is 3.37. The van der Waals surface area contributed by atoms with E-state index in [1.54, 1.807) is 18.3 Å². The zero-order chi connectivity index (χ0) is 12.9. The zero-order valence-corrected chi connectivity index (χ0v) is 10.2. The molecule has 1 aromatic rings. The lowest BCUT2D eigenvalue weighted by molar-refractivity contribution is -0.137. The summed E-state index contributed by atoms with van der Waals surface area (Å²) in [5, 5.41) is 8.70. The van der Waals surface area contributed by atoms with E-state index in [0.717, 1.165) is 4.31 Å². The van der Waals surface area contributed by atoms with E-state index in [1.807, 2.05) is 0 Å². The first-order valence-electron chi connectivity index (χ1n) is 5.04. The minimum atomic E-state index is -3.53.